The largest absolute Gasteiger partial charge is 0.493 e. The van der Waals surface area contributed by atoms with Crippen LogP contribution in [0.2, 0.25) is 0 Å². The van der Waals surface area contributed by atoms with Crippen LogP contribution in [0.1, 0.15) is 50.5 Å². The summed E-state index contributed by atoms with van der Waals surface area (Å²) in [5, 5.41) is 25.7. The molecule has 2 aliphatic rings. The number of hydrogen-bond donors (Lipinski definition) is 1. The van der Waals surface area contributed by atoms with Crippen molar-refractivity contribution in [2.24, 2.45) is 0 Å². The summed E-state index contributed by atoms with van der Waals surface area (Å²) in [5.74, 6) is -3.99. The Balaban J connectivity index is 1.56. The van der Waals surface area contributed by atoms with E-state index >= 15 is 0 Å². The number of rotatable bonds is 11. The molecular formula is C39H37NO13. The Kier molecular flexibility index (Phi) is 10.5. The summed E-state index contributed by atoms with van der Waals surface area (Å²) in [6.07, 6.45) is -8.60. The number of ether oxygens (including phenoxy) is 7. The van der Waals surface area contributed by atoms with Crippen molar-refractivity contribution in [2.45, 2.75) is 62.2 Å². The molecule has 6 rings (SSSR count). The van der Waals surface area contributed by atoms with Gasteiger partial charge in [0.1, 0.15) is 17.8 Å². The molecule has 6 atom stereocenters. The average molecular weight is 728 g/mol. The maximum Gasteiger partial charge on any atom is 0.338 e. The summed E-state index contributed by atoms with van der Waals surface area (Å²) in [5.41, 5.74) is -2.91. The number of nitro groups is 1. The molecule has 2 fully saturated rings. The highest BCUT2D eigenvalue weighted by molar-refractivity contribution is 5.91. The van der Waals surface area contributed by atoms with Crippen LogP contribution >= 0.6 is 0 Å². The van der Waals surface area contributed by atoms with Gasteiger partial charge in [-0.15, -0.1) is 0 Å². The average Bonchev–Trinajstić information content (AvgIpc) is 3.49. The van der Waals surface area contributed by atoms with Crippen molar-refractivity contribution in [3.63, 3.8) is 0 Å². The lowest BCUT2D eigenvalue weighted by Crippen LogP contribution is -2.73. The topological polar surface area (TPSA) is 179 Å². The first-order valence-corrected chi connectivity index (χ1v) is 16.6. The molecule has 4 aromatic carbocycles. The van der Waals surface area contributed by atoms with E-state index in [1.54, 1.807) is 68.4 Å². The van der Waals surface area contributed by atoms with Crippen LogP contribution in [0.3, 0.4) is 0 Å². The van der Waals surface area contributed by atoms with Crippen molar-refractivity contribution >= 4 is 23.6 Å². The highest BCUT2D eigenvalue weighted by Gasteiger charge is 2.69. The molecule has 0 amide bonds. The Hall–Kier alpha value is -5.83. The molecule has 14 nitrogen and oxygen atoms in total. The van der Waals surface area contributed by atoms with Crippen molar-refractivity contribution < 1.29 is 57.6 Å². The number of carbonyl (C=O) groups excluding carboxylic acids is 3. The highest BCUT2D eigenvalue weighted by Crippen LogP contribution is 2.48. The first-order valence-electron chi connectivity index (χ1n) is 16.6. The predicted molar refractivity (Wildman–Crippen MR) is 186 cm³/mol. The normalized spacial score (nSPS) is 24.3. The van der Waals surface area contributed by atoms with E-state index in [1.165, 1.54) is 56.7 Å². The van der Waals surface area contributed by atoms with Crippen LogP contribution in [0.15, 0.2) is 103 Å². The number of benzene rings is 4. The first-order chi connectivity index (χ1) is 25.3. The van der Waals surface area contributed by atoms with E-state index in [-0.39, 0.29) is 33.8 Å². The van der Waals surface area contributed by atoms with Gasteiger partial charge >= 0.3 is 17.9 Å². The van der Waals surface area contributed by atoms with E-state index in [2.05, 4.69) is 0 Å². The minimum Gasteiger partial charge on any atom is -0.493 e. The lowest BCUT2D eigenvalue weighted by Gasteiger charge is -2.50. The molecule has 1 N–H and O–H groups in total. The fourth-order valence-electron chi connectivity index (χ4n) is 6.68. The summed E-state index contributed by atoms with van der Waals surface area (Å²) in [7, 11) is 2.63. The molecule has 0 spiro atoms. The van der Waals surface area contributed by atoms with E-state index in [0.717, 1.165) is 6.07 Å². The zero-order chi connectivity index (χ0) is 37.9. The summed E-state index contributed by atoms with van der Waals surface area (Å²) in [6.45, 7) is 3.14. The Morgan fingerprint density at radius 2 is 1.13 bits per heavy atom. The van der Waals surface area contributed by atoms with Crippen molar-refractivity contribution in [1.29, 1.82) is 0 Å². The molecular weight excluding hydrogens is 690 g/mol. The molecule has 1 saturated carbocycles. The predicted octanol–water partition coefficient (Wildman–Crippen LogP) is 5.10. The Morgan fingerprint density at radius 1 is 0.698 bits per heavy atom. The van der Waals surface area contributed by atoms with Crippen LogP contribution in [0, 0.1) is 10.1 Å². The molecule has 53 heavy (non-hydrogen) atoms. The molecule has 1 heterocycles. The maximum absolute atomic E-state index is 13.9. The number of nitro benzene ring substituents is 1. The maximum atomic E-state index is 13.9. The van der Waals surface area contributed by atoms with E-state index < -0.39 is 76.8 Å². The summed E-state index contributed by atoms with van der Waals surface area (Å²) in [6, 6.07) is 26.1. The third kappa shape index (κ3) is 7.56. The molecule has 0 radical (unpaired) electrons. The van der Waals surface area contributed by atoms with Gasteiger partial charge in [-0.2, -0.15) is 0 Å². The second-order valence-electron chi connectivity index (χ2n) is 12.9. The van der Waals surface area contributed by atoms with Gasteiger partial charge in [0, 0.05) is 12.0 Å². The molecule has 0 bridgehead atoms. The molecule has 14 heteroatoms. The van der Waals surface area contributed by atoms with Crippen LogP contribution in [0.25, 0.3) is 0 Å². The van der Waals surface area contributed by atoms with Gasteiger partial charge in [0.15, 0.2) is 35.6 Å². The van der Waals surface area contributed by atoms with Crippen LogP contribution in [0.4, 0.5) is 5.69 Å². The molecule has 1 aliphatic carbocycles. The van der Waals surface area contributed by atoms with E-state index in [4.69, 9.17) is 33.2 Å². The molecule has 1 saturated heterocycles. The van der Waals surface area contributed by atoms with E-state index in [0.29, 0.717) is 0 Å². The van der Waals surface area contributed by atoms with Gasteiger partial charge in [-0.1, -0.05) is 54.6 Å². The van der Waals surface area contributed by atoms with Crippen LogP contribution < -0.4 is 9.47 Å². The zero-order valence-corrected chi connectivity index (χ0v) is 29.2. The molecule has 0 unspecified atom stereocenters. The number of hydrogen-bond acceptors (Lipinski definition) is 13. The van der Waals surface area contributed by atoms with Crippen LogP contribution in [-0.4, -0.2) is 84.1 Å². The fourth-order valence-corrected chi connectivity index (χ4v) is 6.68. The lowest BCUT2D eigenvalue weighted by molar-refractivity contribution is -0.386. The van der Waals surface area contributed by atoms with Gasteiger partial charge in [-0.3, -0.25) is 10.1 Å². The van der Waals surface area contributed by atoms with E-state index in [9.17, 15) is 29.6 Å². The number of nitrogens with zero attached hydrogens (tertiary/aromatic N) is 1. The number of aliphatic hydroxyl groups is 1. The second-order valence-corrected chi connectivity index (χ2v) is 12.9. The third-order valence-corrected chi connectivity index (χ3v) is 9.06. The smallest absolute Gasteiger partial charge is 0.338 e. The third-order valence-electron chi connectivity index (χ3n) is 9.06. The SMILES string of the molecule is COc1cc(C[C@]2(O)[C@H](OC(=O)c3ccccc3)[C@@H](OC(=O)c3ccccc3)[C@@H]3OC(C)(C)O[C@@H]3[C@@H]2OC(=O)c2ccccc2)c([N+](=O)[O-])cc1OC. The van der Waals surface area contributed by atoms with Gasteiger partial charge in [0.05, 0.1) is 41.9 Å². The molecule has 0 aromatic heterocycles. The minimum absolute atomic E-state index is 0.0294. The summed E-state index contributed by atoms with van der Waals surface area (Å²) >= 11 is 0. The Morgan fingerprint density at radius 3 is 1.60 bits per heavy atom. The van der Waals surface area contributed by atoms with Crippen molar-refractivity contribution in [1.82, 2.24) is 0 Å². The number of methoxy groups -OCH3 is 2. The first kappa shape index (κ1) is 36.9. The standard InChI is InChI=1S/C39H37NO13/c1-38(2)52-30-31(49-35(41)23-14-8-5-9-15-23)33(50-36(42)24-16-10-6-11-17-24)39(44,22-26-20-28(47-3)29(48-4)21-27(26)40(45)46)34(32(30)53-38)51-37(43)25-18-12-7-13-19-25/h5-21,30-34,44H,22H2,1-4H3/t30-,31-,32-,33+,34-,39-/m0/s1. The number of fused-ring (bicyclic) bond motifs is 1. The van der Waals surface area contributed by atoms with E-state index in [1.807, 2.05) is 0 Å². The van der Waals surface area contributed by atoms with Gasteiger partial charge in [-0.05, 0) is 56.3 Å². The molecule has 276 valence electrons. The van der Waals surface area contributed by atoms with Crippen molar-refractivity contribution in [3.05, 3.63) is 135 Å². The summed E-state index contributed by atoms with van der Waals surface area (Å²) in [4.78, 5) is 53.2. The summed E-state index contributed by atoms with van der Waals surface area (Å²) < 4.78 is 41.5. The second kappa shape index (κ2) is 15.0. The monoisotopic (exact) mass is 727 g/mol. The lowest BCUT2D eigenvalue weighted by atomic mass is 9.71. The zero-order valence-electron chi connectivity index (χ0n) is 29.2. The van der Waals surface area contributed by atoms with Gasteiger partial charge in [0.2, 0.25) is 0 Å². The molecule has 1 aliphatic heterocycles. The minimum atomic E-state index is -2.61. The van der Waals surface area contributed by atoms with Crippen LogP contribution in [-0.2, 0) is 30.1 Å². The Bertz CT molecular complexity index is 1970. The highest BCUT2D eigenvalue weighted by atomic mass is 16.8. The Labute approximate surface area is 304 Å². The number of carbonyl (C=O) groups is 3. The quantitative estimate of drug-likeness (QED) is 0.0935. The van der Waals surface area contributed by atoms with Gasteiger partial charge in [0.25, 0.3) is 5.69 Å². The fraction of sp³-hybridized carbons (Fsp3) is 0.308. The number of esters is 3. The molecule has 4 aromatic rings. The van der Waals surface area contributed by atoms with Crippen LogP contribution in [0.5, 0.6) is 11.5 Å². The van der Waals surface area contributed by atoms with Crippen molar-refractivity contribution in [2.75, 3.05) is 14.2 Å². The van der Waals surface area contributed by atoms with Gasteiger partial charge < -0.3 is 38.3 Å². The van der Waals surface area contributed by atoms with Crippen molar-refractivity contribution in [3.8, 4) is 11.5 Å². The van der Waals surface area contributed by atoms with Gasteiger partial charge in [-0.25, -0.2) is 14.4 Å².